The molecule has 1 atom stereocenters. The lowest BCUT2D eigenvalue weighted by atomic mass is 9.65. The van der Waals surface area contributed by atoms with Crippen molar-refractivity contribution in [2.45, 2.75) is 58.7 Å². The first-order valence-corrected chi connectivity index (χ1v) is 9.06. The van der Waals surface area contributed by atoms with Gasteiger partial charge in [-0.05, 0) is 46.1 Å². The molecule has 1 unspecified atom stereocenters. The highest BCUT2D eigenvalue weighted by molar-refractivity contribution is 5.90. The van der Waals surface area contributed by atoms with Gasteiger partial charge in [0.25, 0.3) is 0 Å². The van der Waals surface area contributed by atoms with Crippen molar-refractivity contribution >= 4 is 12.0 Å². The smallest absolute Gasteiger partial charge is 0.410 e. The summed E-state index contributed by atoms with van der Waals surface area (Å²) in [6.45, 7) is 9.58. The standard InChI is InChI=1S/C20H28N2O3/c1-15-20(17(23)22(15)14-16-8-6-5-7-9-16)10-12-21(13-11-20)18(24)25-19(2,3)4/h5-9,15H,10-14H2,1-4H3. The first-order valence-electron chi connectivity index (χ1n) is 9.06. The summed E-state index contributed by atoms with van der Waals surface area (Å²) in [7, 11) is 0. The van der Waals surface area contributed by atoms with Crippen LogP contribution in [-0.4, -0.2) is 46.5 Å². The molecule has 1 aromatic carbocycles. The molecule has 25 heavy (non-hydrogen) atoms. The molecule has 5 nitrogen and oxygen atoms in total. The molecule has 0 N–H and O–H groups in total. The van der Waals surface area contributed by atoms with Gasteiger partial charge < -0.3 is 14.5 Å². The van der Waals surface area contributed by atoms with Crippen LogP contribution in [0.15, 0.2) is 30.3 Å². The molecule has 2 heterocycles. The largest absolute Gasteiger partial charge is 0.444 e. The van der Waals surface area contributed by atoms with Gasteiger partial charge in [0.1, 0.15) is 5.60 Å². The molecule has 2 saturated heterocycles. The van der Waals surface area contributed by atoms with Gasteiger partial charge in [0.05, 0.1) is 5.41 Å². The highest BCUT2D eigenvalue weighted by Gasteiger charge is 2.58. The van der Waals surface area contributed by atoms with E-state index in [1.807, 2.05) is 43.9 Å². The second-order valence-corrected chi connectivity index (χ2v) is 8.22. The predicted octanol–water partition coefficient (Wildman–Crippen LogP) is 3.43. The van der Waals surface area contributed by atoms with E-state index in [2.05, 4.69) is 19.1 Å². The molecule has 3 rings (SSSR count). The van der Waals surface area contributed by atoms with E-state index >= 15 is 0 Å². The Labute approximate surface area is 149 Å². The van der Waals surface area contributed by atoms with Gasteiger partial charge in [-0.15, -0.1) is 0 Å². The van der Waals surface area contributed by atoms with Crippen LogP contribution in [0.1, 0.15) is 46.1 Å². The van der Waals surface area contributed by atoms with Crippen LogP contribution in [0.25, 0.3) is 0 Å². The molecule has 2 aliphatic heterocycles. The molecule has 0 bridgehead atoms. The zero-order valence-corrected chi connectivity index (χ0v) is 15.6. The van der Waals surface area contributed by atoms with Gasteiger partial charge in [0, 0.05) is 25.7 Å². The van der Waals surface area contributed by atoms with Crippen LogP contribution in [0, 0.1) is 5.41 Å². The summed E-state index contributed by atoms with van der Waals surface area (Å²) in [4.78, 5) is 28.7. The summed E-state index contributed by atoms with van der Waals surface area (Å²) < 4.78 is 5.44. The average molecular weight is 344 g/mol. The zero-order chi connectivity index (χ0) is 18.2. The summed E-state index contributed by atoms with van der Waals surface area (Å²) in [5.41, 5.74) is 0.370. The van der Waals surface area contributed by atoms with E-state index < -0.39 is 5.60 Å². The molecule has 2 aliphatic rings. The second-order valence-electron chi connectivity index (χ2n) is 8.22. The van der Waals surface area contributed by atoms with Gasteiger partial charge in [-0.3, -0.25) is 4.79 Å². The normalized spacial score (nSPS) is 22.7. The van der Waals surface area contributed by atoms with Gasteiger partial charge >= 0.3 is 6.09 Å². The topological polar surface area (TPSA) is 49.9 Å². The number of likely N-dealkylation sites (tertiary alicyclic amines) is 2. The maximum atomic E-state index is 12.8. The van der Waals surface area contributed by atoms with Gasteiger partial charge in [0.2, 0.25) is 5.91 Å². The minimum absolute atomic E-state index is 0.209. The predicted molar refractivity (Wildman–Crippen MR) is 95.9 cm³/mol. The van der Waals surface area contributed by atoms with Crippen molar-refractivity contribution in [2.24, 2.45) is 5.41 Å². The Kier molecular flexibility index (Phi) is 4.52. The first kappa shape index (κ1) is 17.8. The summed E-state index contributed by atoms with van der Waals surface area (Å²) in [6, 6.07) is 10.3. The lowest BCUT2D eigenvalue weighted by molar-refractivity contribution is -0.178. The van der Waals surface area contributed by atoms with Crippen LogP contribution < -0.4 is 0 Å². The van der Waals surface area contributed by atoms with Crippen LogP contribution in [0.3, 0.4) is 0 Å². The molecule has 2 fully saturated rings. The van der Waals surface area contributed by atoms with Crippen molar-refractivity contribution in [1.29, 1.82) is 0 Å². The molecule has 0 aromatic heterocycles. The molecule has 0 saturated carbocycles. The van der Waals surface area contributed by atoms with Crippen molar-refractivity contribution in [3.05, 3.63) is 35.9 Å². The van der Waals surface area contributed by atoms with E-state index in [9.17, 15) is 9.59 Å². The van der Waals surface area contributed by atoms with Crippen LogP contribution in [0.4, 0.5) is 4.79 Å². The summed E-state index contributed by atoms with van der Waals surface area (Å²) in [6.07, 6.45) is 1.16. The maximum absolute atomic E-state index is 12.8. The van der Waals surface area contributed by atoms with E-state index in [0.29, 0.717) is 19.6 Å². The van der Waals surface area contributed by atoms with E-state index in [-0.39, 0.29) is 23.5 Å². The average Bonchev–Trinajstić information content (AvgIpc) is 2.58. The molecule has 1 aromatic rings. The molecule has 1 spiro atoms. The molecular weight excluding hydrogens is 316 g/mol. The zero-order valence-electron chi connectivity index (χ0n) is 15.6. The molecular formula is C20H28N2O3. The minimum atomic E-state index is -0.488. The number of piperidine rings is 1. The monoisotopic (exact) mass is 344 g/mol. The Balaban J connectivity index is 1.59. The third-order valence-corrected chi connectivity index (χ3v) is 5.46. The fourth-order valence-corrected chi connectivity index (χ4v) is 3.91. The Morgan fingerprint density at radius 1 is 1.20 bits per heavy atom. The molecule has 136 valence electrons. The lowest BCUT2D eigenvalue weighted by Gasteiger charge is -2.57. The Hall–Kier alpha value is -2.04. The molecule has 2 amide bonds. The van der Waals surface area contributed by atoms with E-state index in [1.54, 1.807) is 4.90 Å². The number of carbonyl (C=O) groups is 2. The fraction of sp³-hybridized carbons (Fsp3) is 0.600. The number of carbonyl (C=O) groups excluding carboxylic acids is 2. The number of ether oxygens (including phenoxy) is 1. The van der Waals surface area contributed by atoms with Crippen molar-refractivity contribution in [3.63, 3.8) is 0 Å². The summed E-state index contributed by atoms with van der Waals surface area (Å²) >= 11 is 0. The van der Waals surface area contributed by atoms with Crippen molar-refractivity contribution in [1.82, 2.24) is 9.80 Å². The van der Waals surface area contributed by atoms with Crippen LogP contribution >= 0.6 is 0 Å². The number of hydrogen-bond acceptors (Lipinski definition) is 3. The maximum Gasteiger partial charge on any atom is 0.410 e. The van der Waals surface area contributed by atoms with Gasteiger partial charge in [-0.1, -0.05) is 30.3 Å². The quantitative estimate of drug-likeness (QED) is 0.772. The van der Waals surface area contributed by atoms with Gasteiger partial charge in [-0.2, -0.15) is 0 Å². The Morgan fingerprint density at radius 2 is 1.80 bits per heavy atom. The Morgan fingerprint density at radius 3 is 2.32 bits per heavy atom. The van der Waals surface area contributed by atoms with Crippen molar-refractivity contribution in [3.8, 4) is 0 Å². The third-order valence-electron chi connectivity index (χ3n) is 5.46. The van der Waals surface area contributed by atoms with E-state index in [0.717, 1.165) is 18.4 Å². The minimum Gasteiger partial charge on any atom is -0.444 e. The van der Waals surface area contributed by atoms with Crippen molar-refractivity contribution < 1.29 is 14.3 Å². The SMILES string of the molecule is CC1N(Cc2ccccc2)C(=O)C12CCN(C(=O)OC(C)(C)C)CC2. The molecule has 0 radical (unpaired) electrons. The van der Waals surface area contributed by atoms with E-state index in [4.69, 9.17) is 4.74 Å². The third kappa shape index (κ3) is 3.37. The van der Waals surface area contributed by atoms with Crippen LogP contribution in [-0.2, 0) is 16.1 Å². The number of nitrogens with zero attached hydrogens (tertiary/aromatic N) is 2. The molecule has 0 aliphatic carbocycles. The highest BCUT2D eigenvalue weighted by atomic mass is 16.6. The number of amides is 2. The molecule has 5 heteroatoms. The second kappa shape index (κ2) is 6.36. The van der Waals surface area contributed by atoms with Gasteiger partial charge in [0.15, 0.2) is 0 Å². The number of β-lactam (4-membered cyclic amide) rings is 1. The Bertz CT molecular complexity index is 643. The van der Waals surface area contributed by atoms with Crippen LogP contribution in [0.5, 0.6) is 0 Å². The lowest BCUT2D eigenvalue weighted by Crippen LogP contribution is -2.69. The van der Waals surface area contributed by atoms with E-state index in [1.165, 1.54) is 0 Å². The highest BCUT2D eigenvalue weighted by Crippen LogP contribution is 2.48. The number of hydrogen-bond donors (Lipinski definition) is 0. The van der Waals surface area contributed by atoms with Gasteiger partial charge in [-0.25, -0.2) is 4.79 Å². The van der Waals surface area contributed by atoms with Crippen LogP contribution in [0.2, 0.25) is 0 Å². The fourth-order valence-electron chi connectivity index (χ4n) is 3.91. The van der Waals surface area contributed by atoms with Crippen molar-refractivity contribution in [2.75, 3.05) is 13.1 Å². The summed E-state index contributed by atoms with van der Waals surface area (Å²) in [5, 5.41) is 0. The number of rotatable bonds is 2. The number of benzene rings is 1. The first-order chi connectivity index (χ1) is 11.7. The summed E-state index contributed by atoms with van der Waals surface area (Å²) in [5.74, 6) is 0.229.